The molecule has 0 rings (SSSR count). The Balaban J connectivity index is 3.21. The second-order valence-corrected chi connectivity index (χ2v) is 5.82. The van der Waals surface area contributed by atoms with Gasteiger partial charge in [0.25, 0.3) is 0 Å². The predicted octanol–water partition coefficient (Wildman–Crippen LogP) is 6.36. The van der Waals surface area contributed by atoms with Crippen LogP contribution in [0.15, 0.2) is 24.3 Å². The van der Waals surface area contributed by atoms with Gasteiger partial charge < -0.3 is 4.74 Å². The summed E-state index contributed by atoms with van der Waals surface area (Å²) in [5.41, 5.74) is 0. The second kappa shape index (κ2) is 18.0. The fraction of sp³-hybridized carbons (Fsp3) is 0.750. The fourth-order valence-corrected chi connectivity index (χ4v) is 2.33. The summed E-state index contributed by atoms with van der Waals surface area (Å²) in [6.45, 7) is 4.60. The van der Waals surface area contributed by atoms with Crippen molar-refractivity contribution in [3.05, 3.63) is 24.3 Å². The molecule has 2 heteroatoms. The number of hydrogen-bond donors (Lipinski definition) is 0. The van der Waals surface area contributed by atoms with Crippen LogP contribution in [0.25, 0.3) is 0 Å². The zero-order valence-corrected chi connectivity index (χ0v) is 14.8. The number of carbonyl (C=O) groups excluding carboxylic acids is 1. The van der Waals surface area contributed by atoms with Gasteiger partial charge in [-0.15, -0.1) is 0 Å². The van der Waals surface area contributed by atoms with E-state index in [1.807, 2.05) is 6.92 Å². The van der Waals surface area contributed by atoms with E-state index in [2.05, 4.69) is 31.2 Å². The van der Waals surface area contributed by atoms with Gasteiger partial charge in [0.2, 0.25) is 0 Å². The Labute approximate surface area is 138 Å². The molecule has 0 saturated heterocycles. The number of hydrogen-bond acceptors (Lipinski definition) is 2. The lowest BCUT2D eigenvalue weighted by molar-refractivity contribution is -0.143. The van der Waals surface area contributed by atoms with Crippen molar-refractivity contribution in [1.82, 2.24) is 0 Å². The average Bonchev–Trinajstić information content (AvgIpc) is 2.51. The van der Waals surface area contributed by atoms with Gasteiger partial charge >= 0.3 is 5.97 Å². The van der Waals surface area contributed by atoms with E-state index in [1.54, 1.807) is 0 Å². The van der Waals surface area contributed by atoms with Crippen LogP contribution in [0.3, 0.4) is 0 Å². The molecule has 22 heavy (non-hydrogen) atoms. The van der Waals surface area contributed by atoms with Crippen molar-refractivity contribution in [3.8, 4) is 0 Å². The highest BCUT2D eigenvalue weighted by atomic mass is 16.5. The van der Waals surface area contributed by atoms with Gasteiger partial charge in [0.05, 0.1) is 6.61 Å². The Morgan fingerprint density at radius 3 is 1.91 bits per heavy atom. The van der Waals surface area contributed by atoms with Gasteiger partial charge in [0.15, 0.2) is 0 Å². The van der Waals surface area contributed by atoms with Crippen molar-refractivity contribution in [2.45, 2.75) is 90.9 Å². The lowest BCUT2D eigenvalue weighted by atomic mass is 10.1. The van der Waals surface area contributed by atoms with Gasteiger partial charge in [-0.1, -0.05) is 69.8 Å². The molecule has 0 radical (unpaired) electrons. The first-order valence-electron chi connectivity index (χ1n) is 9.28. The maximum Gasteiger partial charge on any atom is 0.305 e. The van der Waals surface area contributed by atoms with Gasteiger partial charge in [-0.25, -0.2) is 0 Å². The number of unbranched alkanes of at least 4 members (excludes halogenated alkanes) is 9. The normalized spacial score (nSPS) is 11.5. The molecule has 0 aliphatic rings. The predicted molar refractivity (Wildman–Crippen MR) is 96.0 cm³/mol. The van der Waals surface area contributed by atoms with E-state index in [-0.39, 0.29) is 5.97 Å². The van der Waals surface area contributed by atoms with Crippen LogP contribution in [-0.4, -0.2) is 12.6 Å². The molecule has 0 aromatic heterocycles. The summed E-state index contributed by atoms with van der Waals surface area (Å²) in [5, 5.41) is 0. The molecular weight excluding hydrogens is 272 g/mol. The first kappa shape index (κ1) is 20.9. The molecule has 0 amide bonds. The lowest BCUT2D eigenvalue weighted by Gasteiger charge is -2.02. The average molecular weight is 309 g/mol. The van der Waals surface area contributed by atoms with Crippen LogP contribution in [0.5, 0.6) is 0 Å². The minimum atomic E-state index is -0.0459. The molecule has 0 bridgehead atoms. The molecule has 0 atom stereocenters. The smallest absolute Gasteiger partial charge is 0.305 e. The molecule has 0 saturated carbocycles. The van der Waals surface area contributed by atoms with E-state index in [1.165, 1.54) is 57.8 Å². The van der Waals surface area contributed by atoms with Crippen LogP contribution >= 0.6 is 0 Å². The van der Waals surface area contributed by atoms with Crippen molar-refractivity contribution in [2.24, 2.45) is 0 Å². The van der Waals surface area contributed by atoms with E-state index >= 15 is 0 Å². The molecule has 0 aliphatic heterocycles. The number of carbonyl (C=O) groups is 1. The zero-order valence-electron chi connectivity index (χ0n) is 14.8. The SMILES string of the molecule is CCCCC/C=C\C=C\CCCCCCCCC(=O)OCC. The van der Waals surface area contributed by atoms with Crippen LogP contribution in [0.4, 0.5) is 0 Å². The largest absolute Gasteiger partial charge is 0.466 e. The number of ether oxygens (including phenoxy) is 1. The van der Waals surface area contributed by atoms with Crippen LogP contribution in [0.2, 0.25) is 0 Å². The second-order valence-electron chi connectivity index (χ2n) is 5.82. The molecule has 0 aromatic rings. The standard InChI is InChI=1S/C20H36O2/c1-3-5-6-7-8-9-10-11-12-13-14-15-16-17-18-19-20(21)22-4-2/h8-11H,3-7,12-19H2,1-2H3/b9-8-,11-10+. The Morgan fingerprint density at radius 1 is 0.773 bits per heavy atom. The Bertz CT molecular complexity index is 292. The molecule has 0 heterocycles. The summed E-state index contributed by atoms with van der Waals surface area (Å²) in [6.07, 6.45) is 23.1. The van der Waals surface area contributed by atoms with E-state index in [9.17, 15) is 4.79 Å². The van der Waals surface area contributed by atoms with Gasteiger partial charge in [-0.2, -0.15) is 0 Å². The summed E-state index contributed by atoms with van der Waals surface area (Å²) >= 11 is 0. The van der Waals surface area contributed by atoms with Crippen LogP contribution in [0, 0.1) is 0 Å². The van der Waals surface area contributed by atoms with Crippen LogP contribution in [-0.2, 0) is 9.53 Å². The van der Waals surface area contributed by atoms with Crippen LogP contribution < -0.4 is 0 Å². The maximum atomic E-state index is 11.1. The molecule has 0 N–H and O–H groups in total. The van der Waals surface area contributed by atoms with E-state index in [4.69, 9.17) is 4.74 Å². The third kappa shape index (κ3) is 17.0. The quantitative estimate of drug-likeness (QED) is 0.200. The highest BCUT2D eigenvalue weighted by Crippen LogP contribution is 2.09. The molecule has 0 aromatic carbocycles. The van der Waals surface area contributed by atoms with Crippen molar-refractivity contribution in [3.63, 3.8) is 0 Å². The summed E-state index contributed by atoms with van der Waals surface area (Å²) in [4.78, 5) is 11.1. The minimum absolute atomic E-state index is 0.0459. The molecule has 2 nitrogen and oxygen atoms in total. The summed E-state index contributed by atoms with van der Waals surface area (Å²) in [7, 11) is 0. The monoisotopic (exact) mass is 308 g/mol. The van der Waals surface area contributed by atoms with Crippen LogP contribution in [0.1, 0.15) is 90.9 Å². The van der Waals surface area contributed by atoms with E-state index in [0.717, 1.165) is 12.8 Å². The highest BCUT2D eigenvalue weighted by Gasteiger charge is 2.00. The summed E-state index contributed by atoms with van der Waals surface area (Å²) in [6, 6.07) is 0. The highest BCUT2D eigenvalue weighted by molar-refractivity contribution is 5.69. The number of allylic oxidation sites excluding steroid dienone is 4. The molecular formula is C20H36O2. The first-order valence-corrected chi connectivity index (χ1v) is 9.28. The number of esters is 1. The maximum absolute atomic E-state index is 11.1. The summed E-state index contributed by atoms with van der Waals surface area (Å²) in [5.74, 6) is -0.0459. The van der Waals surface area contributed by atoms with Crippen molar-refractivity contribution < 1.29 is 9.53 Å². The third-order valence-electron chi connectivity index (χ3n) is 3.66. The lowest BCUT2D eigenvalue weighted by Crippen LogP contribution is -2.03. The van der Waals surface area contributed by atoms with Crippen molar-refractivity contribution in [2.75, 3.05) is 6.61 Å². The topological polar surface area (TPSA) is 26.3 Å². The molecule has 128 valence electrons. The molecule has 0 fully saturated rings. The van der Waals surface area contributed by atoms with Gasteiger partial charge in [-0.05, 0) is 39.0 Å². The van der Waals surface area contributed by atoms with Gasteiger partial charge in [0.1, 0.15) is 0 Å². The summed E-state index contributed by atoms with van der Waals surface area (Å²) < 4.78 is 4.91. The minimum Gasteiger partial charge on any atom is -0.466 e. The zero-order chi connectivity index (χ0) is 16.3. The van der Waals surface area contributed by atoms with E-state index < -0.39 is 0 Å². The first-order chi connectivity index (χ1) is 10.8. The van der Waals surface area contributed by atoms with Gasteiger partial charge in [-0.3, -0.25) is 4.79 Å². The van der Waals surface area contributed by atoms with E-state index in [0.29, 0.717) is 13.0 Å². The Kier molecular flexibility index (Phi) is 17.1. The molecule has 0 aliphatic carbocycles. The molecule has 0 unspecified atom stereocenters. The Morgan fingerprint density at radius 2 is 1.32 bits per heavy atom. The molecule has 0 spiro atoms. The Hall–Kier alpha value is -1.05. The fourth-order valence-electron chi connectivity index (χ4n) is 2.33. The van der Waals surface area contributed by atoms with Crippen molar-refractivity contribution >= 4 is 5.97 Å². The van der Waals surface area contributed by atoms with Gasteiger partial charge in [0, 0.05) is 6.42 Å². The number of rotatable bonds is 15. The third-order valence-corrected chi connectivity index (χ3v) is 3.66. The van der Waals surface area contributed by atoms with Crippen molar-refractivity contribution in [1.29, 1.82) is 0 Å².